The SMILES string of the molecule is [CH2+]CCCC(CC)COC(=O)CCSc1ccc(Br)c(F)c1. The average molecular weight is 390 g/mol. The largest absolute Gasteiger partial charge is 0.465 e. The third kappa shape index (κ3) is 7.54. The van der Waals surface area contributed by atoms with Gasteiger partial charge in [0.05, 0.1) is 30.8 Å². The van der Waals surface area contributed by atoms with Gasteiger partial charge >= 0.3 is 5.97 Å². The lowest BCUT2D eigenvalue weighted by Gasteiger charge is -2.13. The number of halogens is 2. The van der Waals surface area contributed by atoms with Gasteiger partial charge in [0.2, 0.25) is 0 Å². The minimum Gasteiger partial charge on any atom is -0.465 e. The van der Waals surface area contributed by atoms with Crippen molar-refractivity contribution in [3.8, 4) is 0 Å². The van der Waals surface area contributed by atoms with Crippen LogP contribution in [-0.2, 0) is 9.53 Å². The molecule has 22 heavy (non-hydrogen) atoms. The van der Waals surface area contributed by atoms with Gasteiger partial charge in [-0.1, -0.05) is 13.3 Å². The summed E-state index contributed by atoms with van der Waals surface area (Å²) in [6, 6.07) is 4.96. The first-order valence-corrected chi connectivity index (χ1v) is 9.37. The Kier molecular flexibility index (Phi) is 9.64. The molecular weight excluding hydrogens is 367 g/mol. The summed E-state index contributed by atoms with van der Waals surface area (Å²) in [6.07, 6.45) is 4.40. The number of ether oxygens (including phenoxy) is 1. The Balaban J connectivity index is 2.23. The predicted octanol–water partition coefficient (Wildman–Crippen LogP) is 5.64. The molecular formula is C17H23BrFO2S+. The van der Waals surface area contributed by atoms with Crippen LogP contribution in [0.2, 0.25) is 0 Å². The summed E-state index contributed by atoms with van der Waals surface area (Å²) in [5.74, 6) is 0.552. The van der Waals surface area contributed by atoms with Crippen molar-refractivity contribution < 1.29 is 13.9 Å². The zero-order valence-corrected chi connectivity index (χ0v) is 15.3. The van der Waals surface area contributed by atoms with Crippen molar-refractivity contribution >= 4 is 33.7 Å². The number of hydrogen-bond donors (Lipinski definition) is 0. The fraction of sp³-hybridized carbons (Fsp3) is 0.529. The molecule has 0 saturated heterocycles. The van der Waals surface area contributed by atoms with E-state index in [1.165, 1.54) is 17.8 Å². The lowest BCUT2D eigenvalue weighted by atomic mass is 10.0. The van der Waals surface area contributed by atoms with E-state index in [1.807, 2.05) is 6.07 Å². The molecule has 0 bridgehead atoms. The lowest BCUT2D eigenvalue weighted by Crippen LogP contribution is -2.14. The summed E-state index contributed by atoms with van der Waals surface area (Å²) in [6.45, 7) is 6.43. The first-order valence-electron chi connectivity index (χ1n) is 7.59. The van der Waals surface area contributed by atoms with Crippen LogP contribution >= 0.6 is 27.7 Å². The van der Waals surface area contributed by atoms with Crippen LogP contribution in [0, 0.1) is 18.7 Å². The van der Waals surface area contributed by atoms with Crippen LogP contribution in [-0.4, -0.2) is 18.3 Å². The summed E-state index contributed by atoms with van der Waals surface area (Å²) in [5.41, 5.74) is 0. The van der Waals surface area contributed by atoms with Crippen molar-refractivity contribution in [1.29, 1.82) is 0 Å². The molecule has 0 spiro atoms. The molecule has 0 fully saturated rings. The van der Waals surface area contributed by atoms with Crippen molar-refractivity contribution in [2.24, 2.45) is 5.92 Å². The zero-order chi connectivity index (χ0) is 16.4. The average Bonchev–Trinajstić information content (AvgIpc) is 2.51. The van der Waals surface area contributed by atoms with E-state index in [1.54, 1.807) is 6.07 Å². The molecule has 0 saturated carbocycles. The van der Waals surface area contributed by atoms with Gasteiger partial charge in [-0.2, -0.15) is 0 Å². The smallest absolute Gasteiger partial charge is 0.306 e. The molecule has 1 rings (SSSR count). The van der Waals surface area contributed by atoms with Crippen LogP contribution in [0.4, 0.5) is 4.39 Å². The van der Waals surface area contributed by atoms with Crippen molar-refractivity contribution in [3.05, 3.63) is 35.4 Å². The highest BCUT2D eigenvalue weighted by Crippen LogP contribution is 2.24. The number of benzene rings is 1. The third-order valence-corrected chi connectivity index (χ3v) is 5.02. The summed E-state index contributed by atoms with van der Waals surface area (Å²) >= 11 is 4.57. The summed E-state index contributed by atoms with van der Waals surface area (Å²) in [5, 5.41) is 0. The topological polar surface area (TPSA) is 26.3 Å². The van der Waals surface area contributed by atoms with E-state index in [9.17, 15) is 9.18 Å². The molecule has 0 amide bonds. The van der Waals surface area contributed by atoms with Crippen LogP contribution in [0.5, 0.6) is 0 Å². The second-order valence-corrected chi connectivity index (χ2v) is 7.15. The van der Waals surface area contributed by atoms with E-state index < -0.39 is 0 Å². The number of carbonyl (C=O) groups excluding carboxylic acids is 1. The van der Waals surface area contributed by atoms with Gasteiger partial charge < -0.3 is 4.74 Å². The number of hydrogen-bond acceptors (Lipinski definition) is 3. The summed E-state index contributed by atoms with van der Waals surface area (Å²) in [7, 11) is 0. The second kappa shape index (κ2) is 10.9. The number of rotatable bonds is 10. The Morgan fingerprint density at radius 2 is 2.27 bits per heavy atom. The predicted molar refractivity (Wildman–Crippen MR) is 93.4 cm³/mol. The molecule has 1 atom stereocenters. The second-order valence-electron chi connectivity index (χ2n) is 5.13. The minimum absolute atomic E-state index is 0.182. The summed E-state index contributed by atoms with van der Waals surface area (Å²) < 4.78 is 19.1. The molecule has 2 nitrogen and oxygen atoms in total. The van der Waals surface area contributed by atoms with Crippen LogP contribution in [0.3, 0.4) is 0 Å². The van der Waals surface area contributed by atoms with Gasteiger partial charge in [0.25, 0.3) is 0 Å². The maximum atomic E-state index is 13.4. The van der Waals surface area contributed by atoms with E-state index in [-0.39, 0.29) is 11.8 Å². The van der Waals surface area contributed by atoms with E-state index in [4.69, 9.17) is 4.74 Å². The first-order chi connectivity index (χ1) is 10.6. The Bertz CT molecular complexity index is 468. The molecule has 1 aromatic carbocycles. The van der Waals surface area contributed by atoms with Gasteiger partial charge in [0, 0.05) is 10.6 Å². The Morgan fingerprint density at radius 1 is 1.50 bits per heavy atom. The van der Waals surface area contributed by atoms with Crippen molar-refractivity contribution in [3.63, 3.8) is 0 Å². The highest BCUT2D eigenvalue weighted by Gasteiger charge is 2.11. The van der Waals surface area contributed by atoms with E-state index in [0.29, 0.717) is 29.2 Å². The molecule has 0 aliphatic carbocycles. The van der Waals surface area contributed by atoms with Gasteiger partial charge in [0.1, 0.15) is 5.82 Å². The molecule has 0 heterocycles. The molecule has 122 valence electrons. The van der Waals surface area contributed by atoms with E-state index >= 15 is 0 Å². The summed E-state index contributed by atoms with van der Waals surface area (Å²) in [4.78, 5) is 12.5. The van der Waals surface area contributed by atoms with Crippen LogP contribution < -0.4 is 0 Å². The van der Waals surface area contributed by atoms with Gasteiger partial charge in [0.15, 0.2) is 0 Å². The molecule has 0 radical (unpaired) electrons. The Labute approximate surface area is 145 Å². The monoisotopic (exact) mass is 389 g/mol. The third-order valence-electron chi connectivity index (χ3n) is 3.39. The standard InChI is InChI=1S/C17H23BrFO2S/c1-3-5-6-13(4-2)12-21-17(20)9-10-22-14-7-8-15(18)16(19)11-14/h7-8,11,13H,1,3-6,9-10,12H2,2H3/q+1. The van der Waals surface area contributed by atoms with E-state index in [2.05, 4.69) is 29.8 Å². The molecule has 1 unspecified atom stereocenters. The van der Waals surface area contributed by atoms with Crippen molar-refractivity contribution in [1.82, 2.24) is 0 Å². The number of thioether (sulfide) groups is 1. The lowest BCUT2D eigenvalue weighted by molar-refractivity contribution is -0.144. The van der Waals surface area contributed by atoms with Crippen molar-refractivity contribution in [2.45, 2.75) is 43.9 Å². The van der Waals surface area contributed by atoms with Crippen LogP contribution in [0.15, 0.2) is 27.6 Å². The number of esters is 1. The van der Waals surface area contributed by atoms with Crippen molar-refractivity contribution in [2.75, 3.05) is 12.4 Å². The molecule has 0 aliphatic rings. The van der Waals surface area contributed by atoms with Gasteiger partial charge in [-0.05, 0) is 52.9 Å². The quantitative estimate of drug-likeness (QED) is 0.294. The highest BCUT2D eigenvalue weighted by molar-refractivity contribution is 9.10. The maximum Gasteiger partial charge on any atom is 0.306 e. The normalized spacial score (nSPS) is 12.1. The zero-order valence-electron chi connectivity index (χ0n) is 12.9. The van der Waals surface area contributed by atoms with Gasteiger partial charge in [-0.25, -0.2) is 4.39 Å². The molecule has 0 N–H and O–H groups in total. The molecule has 0 aromatic heterocycles. The fourth-order valence-corrected chi connectivity index (χ4v) is 3.04. The Morgan fingerprint density at radius 3 is 2.91 bits per heavy atom. The number of carbonyl (C=O) groups is 1. The van der Waals surface area contributed by atoms with Crippen LogP contribution in [0.25, 0.3) is 0 Å². The first kappa shape index (κ1) is 19.4. The van der Waals surface area contributed by atoms with Crippen LogP contribution in [0.1, 0.15) is 39.0 Å². The minimum atomic E-state index is -0.288. The highest BCUT2D eigenvalue weighted by atomic mass is 79.9. The van der Waals surface area contributed by atoms with E-state index in [0.717, 1.165) is 30.6 Å². The van der Waals surface area contributed by atoms with Gasteiger partial charge in [-0.3, -0.25) is 4.79 Å². The molecule has 1 aromatic rings. The molecule has 0 aliphatic heterocycles. The fourth-order valence-electron chi connectivity index (χ4n) is 1.94. The van der Waals surface area contributed by atoms with Gasteiger partial charge in [-0.15, -0.1) is 11.8 Å². The Hall–Kier alpha value is -0.680. The maximum absolute atomic E-state index is 13.4. The molecule has 5 heteroatoms. The number of unbranched alkanes of at least 4 members (excludes halogenated alkanes) is 1.